The molecule has 2 rings (SSSR count). The highest BCUT2D eigenvalue weighted by atomic mass is 35.5. The van der Waals surface area contributed by atoms with Gasteiger partial charge in [0.05, 0.1) is 7.11 Å². The number of rotatable bonds is 3. The van der Waals surface area contributed by atoms with Gasteiger partial charge in [-0.15, -0.1) is 11.3 Å². The zero-order valence-electron chi connectivity index (χ0n) is 11.2. The molecule has 0 N–H and O–H groups in total. The third-order valence-electron chi connectivity index (χ3n) is 2.74. The van der Waals surface area contributed by atoms with Gasteiger partial charge < -0.3 is 4.74 Å². The number of nitrogens with zero attached hydrogens (tertiary/aromatic N) is 1. The second kappa shape index (κ2) is 5.73. The number of carbonyl (C=O) groups excluding carboxylic acids is 2. The number of esters is 1. The first-order valence-corrected chi connectivity index (χ1v) is 7.00. The van der Waals surface area contributed by atoms with Gasteiger partial charge in [-0.1, -0.05) is 17.7 Å². The van der Waals surface area contributed by atoms with E-state index in [1.54, 1.807) is 6.07 Å². The Hall–Kier alpha value is -1.72. The number of methoxy groups -OCH3 is 1. The van der Waals surface area contributed by atoms with E-state index in [0.717, 1.165) is 11.1 Å². The van der Waals surface area contributed by atoms with Crippen molar-refractivity contribution in [1.29, 1.82) is 0 Å². The molecule has 0 aliphatic heterocycles. The Kier molecular flexibility index (Phi) is 4.20. The van der Waals surface area contributed by atoms with Gasteiger partial charge in [0.25, 0.3) is 0 Å². The van der Waals surface area contributed by atoms with E-state index in [1.807, 2.05) is 19.1 Å². The summed E-state index contributed by atoms with van der Waals surface area (Å²) in [7, 11) is 1.26. The topological polar surface area (TPSA) is 56.3 Å². The van der Waals surface area contributed by atoms with Crippen LogP contribution in [0.15, 0.2) is 18.2 Å². The van der Waals surface area contributed by atoms with Crippen LogP contribution in [0.25, 0.3) is 10.6 Å². The Bertz CT molecular complexity index is 694. The number of ketones is 1. The summed E-state index contributed by atoms with van der Waals surface area (Å²) in [6, 6.07) is 5.38. The summed E-state index contributed by atoms with van der Waals surface area (Å²) in [4.78, 5) is 27.8. The van der Waals surface area contributed by atoms with Crippen LogP contribution in [-0.2, 0) is 4.74 Å². The first-order valence-electron chi connectivity index (χ1n) is 5.80. The van der Waals surface area contributed by atoms with Crippen molar-refractivity contribution in [2.24, 2.45) is 0 Å². The molecule has 0 bridgehead atoms. The maximum atomic E-state index is 11.7. The molecule has 0 spiro atoms. The van der Waals surface area contributed by atoms with Crippen LogP contribution in [0.4, 0.5) is 0 Å². The molecule has 0 atom stereocenters. The van der Waals surface area contributed by atoms with Crippen LogP contribution in [0.2, 0.25) is 5.02 Å². The Morgan fingerprint density at radius 1 is 1.35 bits per heavy atom. The number of ether oxygens (including phenoxy) is 1. The van der Waals surface area contributed by atoms with Gasteiger partial charge in [0, 0.05) is 17.5 Å². The molecular weight excluding hydrogens is 298 g/mol. The Labute approximate surface area is 125 Å². The summed E-state index contributed by atoms with van der Waals surface area (Å²) < 4.78 is 4.66. The maximum Gasteiger partial charge on any atom is 0.358 e. The lowest BCUT2D eigenvalue weighted by molar-refractivity contribution is 0.0591. The van der Waals surface area contributed by atoms with Crippen molar-refractivity contribution >= 4 is 34.7 Å². The maximum absolute atomic E-state index is 11.7. The number of aryl methyl sites for hydroxylation is 1. The van der Waals surface area contributed by atoms with Gasteiger partial charge in [-0.25, -0.2) is 9.78 Å². The molecule has 0 fully saturated rings. The largest absolute Gasteiger partial charge is 0.464 e. The third-order valence-corrected chi connectivity index (χ3v) is 4.17. The Morgan fingerprint density at radius 2 is 2.05 bits per heavy atom. The predicted octanol–water partition coefficient (Wildman–Crippen LogP) is 3.76. The lowest BCUT2D eigenvalue weighted by Gasteiger charge is -2.01. The number of benzene rings is 1. The van der Waals surface area contributed by atoms with Crippen molar-refractivity contribution in [3.05, 3.63) is 39.4 Å². The quantitative estimate of drug-likeness (QED) is 0.640. The molecule has 1 heterocycles. The number of hydrogen-bond donors (Lipinski definition) is 0. The third kappa shape index (κ3) is 2.73. The minimum Gasteiger partial charge on any atom is -0.464 e. The van der Waals surface area contributed by atoms with Crippen molar-refractivity contribution in [2.45, 2.75) is 13.8 Å². The summed E-state index contributed by atoms with van der Waals surface area (Å²) in [5.74, 6) is -0.815. The van der Waals surface area contributed by atoms with Crippen LogP contribution in [0.1, 0.15) is 32.6 Å². The van der Waals surface area contributed by atoms with Crippen LogP contribution in [0.3, 0.4) is 0 Å². The molecule has 6 heteroatoms. The minimum atomic E-state index is -0.607. The fraction of sp³-hybridized carbons (Fsp3) is 0.214. The molecule has 1 aromatic heterocycles. The van der Waals surface area contributed by atoms with E-state index in [0.29, 0.717) is 14.9 Å². The number of aromatic nitrogens is 1. The molecule has 1 aromatic carbocycles. The van der Waals surface area contributed by atoms with Gasteiger partial charge in [0.1, 0.15) is 9.88 Å². The van der Waals surface area contributed by atoms with Crippen LogP contribution >= 0.6 is 22.9 Å². The number of thiazole rings is 1. The lowest BCUT2D eigenvalue weighted by Crippen LogP contribution is -2.06. The van der Waals surface area contributed by atoms with Crippen LogP contribution in [0, 0.1) is 6.92 Å². The molecule has 0 aliphatic carbocycles. The Morgan fingerprint density at radius 3 is 2.60 bits per heavy atom. The van der Waals surface area contributed by atoms with Crippen molar-refractivity contribution in [3.8, 4) is 10.6 Å². The minimum absolute atomic E-state index is 0.0642. The van der Waals surface area contributed by atoms with E-state index < -0.39 is 5.97 Å². The molecule has 0 saturated heterocycles. The highest BCUT2D eigenvalue weighted by Gasteiger charge is 2.22. The molecule has 0 unspecified atom stereocenters. The SMILES string of the molecule is COC(=O)c1nc(-c2ccc(Cl)cc2C)sc1C(C)=O. The van der Waals surface area contributed by atoms with Gasteiger partial charge in [0.2, 0.25) is 0 Å². The summed E-state index contributed by atoms with van der Waals surface area (Å²) in [6.07, 6.45) is 0. The first-order chi connectivity index (χ1) is 9.43. The summed E-state index contributed by atoms with van der Waals surface area (Å²) in [5.41, 5.74) is 1.84. The molecule has 4 nitrogen and oxygen atoms in total. The highest BCUT2D eigenvalue weighted by molar-refractivity contribution is 7.17. The number of halogens is 1. The van der Waals surface area contributed by atoms with Crippen molar-refractivity contribution in [2.75, 3.05) is 7.11 Å². The average Bonchev–Trinajstić information content (AvgIpc) is 2.82. The first kappa shape index (κ1) is 14.7. The highest BCUT2D eigenvalue weighted by Crippen LogP contribution is 2.32. The van der Waals surface area contributed by atoms with E-state index in [9.17, 15) is 9.59 Å². The van der Waals surface area contributed by atoms with Gasteiger partial charge in [-0.05, 0) is 24.6 Å². The fourth-order valence-corrected chi connectivity index (χ4v) is 3.04. The lowest BCUT2D eigenvalue weighted by atomic mass is 10.1. The Balaban J connectivity index is 2.58. The smallest absolute Gasteiger partial charge is 0.358 e. The molecule has 20 heavy (non-hydrogen) atoms. The molecular formula is C14H12ClNO3S. The van der Waals surface area contributed by atoms with Gasteiger partial charge in [-0.3, -0.25) is 4.79 Å². The van der Waals surface area contributed by atoms with Gasteiger partial charge in [-0.2, -0.15) is 0 Å². The molecule has 104 valence electrons. The standard InChI is InChI=1S/C14H12ClNO3S/c1-7-6-9(15)4-5-10(7)13-16-11(14(18)19-3)12(20-13)8(2)17/h4-6H,1-3H3. The predicted molar refractivity (Wildman–Crippen MR) is 78.6 cm³/mol. The van der Waals surface area contributed by atoms with Gasteiger partial charge >= 0.3 is 5.97 Å². The normalized spacial score (nSPS) is 10.4. The van der Waals surface area contributed by atoms with E-state index in [1.165, 1.54) is 25.4 Å². The van der Waals surface area contributed by atoms with Crippen LogP contribution in [0.5, 0.6) is 0 Å². The summed E-state index contributed by atoms with van der Waals surface area (Å²) in [6.45, 7) is 3.30. The van der Waals surface area contributed by atoms with Crippen molar-refractivity contribution in [3.63, 3.8) is 0 Å². The van der Waals surface area contributed by atoms with E-state index >= 15 is 0 Å². The number of carbonyl (C=O) groups is 2. The van der Waals surface area contributed by atoms with Crippen molar-refractivity contribution in [1.82, 2.24) is 4.98 Å². The second-order valence-corrected chi connectivity index (χ2v) is 5.64. The van der Waals surface area contributed by atoms with Crippen LogP contribution in [-0.4, -0.2) is 23.8 Å². The molecule has 0 saturated carbocycles. The van der Waals surface area contributed by atoms with Gasteiger partial charge in [0.15, 0.2) is 11.5 Å². The van der Waals surface area contributed by atoms with Crippen molar-refractivity contribution < 1.29 is 14.3 Å². The summed E-state index contributed by atoms with van der Waals surface area (Å²) >= 11 is 7.10. The zero-order valence-corrected chi connectivity index (χ0v) is 12.8. The number of Topliss-reactive ketones (excluding diaryl/α,β-unsaturated/α-hetero) is 1. The van der Waals surface area contributed by atoms with E-state index in [-0.39, 0.29) is 11.5 Å². The van der Waals surface area contributed by atoms with Crippen LogP contribution < -0.4 is 0 Å². The second-order valence-electron chi connectivity index (χ2n) is 4.20. The molecule has 0 aliphatic rings. The molecule has 2 aromatic rings. The average molecular weight is 310 g/mol. The molecule has 0 radical (unpaired) electrons. The zero-order chi connectivity index (χ0) is 14.9. The number of hydrogen-bond acceptors (Lipinski definition) is 5. The monoisotopic (exact) mass is 309 g/mol. The van der Waals surface area contributed by atoms with E-state index in [2.05, 4.69) is 9.72 Å². The summed E-state index contributed by atoms with van der Waals surface area (Å²) in [5, 5.41) is 1.23. The van der Waals surface area contributed by atoms with E-state index in [4.69, 9.17) is 11.6 Å². The fourth-order valence-electron chi connectivity index (χ4n) is 1.78. The molecule has 0 amide bonds.